The Hall–Kier alpha value is -1.67. The van der Waals surface area contributed by atoms with Gasteiger partial charge in [-0.1, -0.05) is 0 Å². The van der Waals surface area contributed by atoms with Crippen LogP contribution in [0.5, 0.6) is 0 Å². The molecule has 1 aliphatic heterocycles. The highest BCUT2D eigenvalue weighted by atomic mass is 32.1. The number of aromatic nitrogens is 1. The van der Waals surface area contributed by atoms with Gasteiger partial charge in [0.05, 0.1) is 13.7 Å². The highest BCUT2D eigenvalue weighted by Gasteiger charge is 2.20. The lowest BCUT2D eigenvalue weighted by molar-refractivity contribution is -0.140. The summed E-state index contributed by atoms with van der Waals surface area (Å²) in [5, 5.41) is 5.86. The number of nitrogens with one attached hydrogen (secondary N) is 1. The van der Waals surface area contributed by atoms with Gasteiger partial charge in [0.2, 0.25) is 5.91 Å². The maximum Gasteiger partial charge on any atom is 0.305 e. The first-order chi connectivity index (χ1) is 10.7. The van der Waals surface area contributed by atoms with Gasteiger partial charge in [0.1, 0.15) is 0 Å². The summed E-state index contributed by atoms with van der Waals surface area (Å²) in [6, 6.07) is 0. The lowest BCUT2D eigenvalue weighted by atomic mass is 10.3. The van der Waals surface area contributed by atoms with Crippen molar-refractivity contribution in [1.82, 2.24) is 15.2 Å². The van der Waals surface area contributed by atoms with E-state index in [0.29, 0.717) is 25.9 Å². The molecule has 2 heterocycles. The molecule has 8 heteroatoms. The van der Waals surface area contributed by atoms with Gasteiger partial charge in [-0.3, -0.25) is 14.5 Å². The lowest BCUT2D eigenvalue weighted by Gasteiger charge is -2.34. The molecule has 0 unspecified atom stereocenters. The van der Waals surface area contributed by atoms with Crippen molar-refractivity contribution in [1.29, 1.82) is 0 Å². The number of nitrogens with zero attached hydrogens (tertiary/aromatic N) is 3. The molecule has 1 N–H and O–H groups in total. The third-order valence-corrected chi connectivity index (χ3v) is 4.37. The Labute approximate surface area is 134 Å². The van der Waals surface area contributed by atoms with Crippen molar-refractivity contribution in [3.63, 3.8) is 0 Å². The first kappa shape index (κ1) is 16.7. The maximum absolute atomic E-state index is 11.8. The largest absolute Gasteiger partial charge is 0.469 e. The fraction of sp³-hybridized carbons (Fsp3) is 0.643. The first-order valence-corrected chi connectivity index (χ1v) is 8.27. The number of anilines is 1. The van der Waals surface area contributed by atoms with E-state index >= 15 is 0 Å². The summed E-state index contributed by atoms with van der Waals surface area (Å²) < 4.78 is 4.55. The predicted molar refractivity (Wildman–Crippen MR) is 85.0 cm³/mol. The zero-order chi connectivity index (χ0) is 15.8. The average Bonchev–Trinajstić information content (AvgIpc) is 3.06. The average molecular weight is 326 g/mol. The predicted octanol–water partition coefficient (Wildman–Crippen LogP) is 0.334. The van der Waals surface area contributed by atoms with Gasteiger partial charge in [0.15, 0.2) is 5.13 Å². The number of esters is 1. The molecule has 0 saturated carbocycles. The molecule has 0 aliphatic carbocycles. The number of piperazine rings is 1. The second-order valence-electron chi connectivity index (χ2n) is 5.11. The summed E-state index contributed by atoms with van der Waals surface area (Å²) in [4.78, 5) is 31.5. The van der Waals surface area contributed by atoms with Gasteiger partial charge < -0.3 is 15.0 Å². The summed E-state index contributed by atoms with van der Waals surface area (Å²) in [5.41, 5.74) is 0. The summed E-state index contributed by atoms with van der Waals surface area (Å²) in [6.45, 7) is 4.41. The quantitative estimate of drug-likeness (QED) is 0.575. The molecule has 2 rings (SSSR count). The van der Waals surface area contributed by atoms with Crippen LogP contribution in [0.4, 0.5) is 5.13 Å². The number of hydrogen-bond acceptors (Lipinski definition) is 7. The van der Waals surface area contributed by atoms with Gasteiger partial charge >= 0.3 is 5.97 Å². The van der Waals surface area contributed by atoms with Crippen molar-refractivity contribution < 1.29 is 14.3 Å². The van der Waals surface area contributed by atoms with E-state index in [0.717, 1.165) is 31.3 Å². The maximum atomic E-state index is 11.8. The van der Waals surface area contributed by atoms with Gasteiger partial charge in [-0.2, -0.15) is 0 Å². The number of ether oxygens (including phenoxy) is 1. The van der Waals surface area contributed by atoms with Crippen LogP contribution in [0.1, 0.15) is 12.8 Å². The second kappa shape index (κ2) is 8.70. The van der Waals surface area contributed by atoms with Crippen LogP contribution in [0.15, 0.2) is 11.6 Å². The minimum atomic E-state index is -0.243. The van der Waals surface area contributed by atoms with Crippen LogP contribution in [0, 0.1) is 0 Å². The Balaban J connectivity index is 1.59. The Bertz CT molecular complexity index is 472. The normalized spacial score (nSPS) is 15.6. The van der Waals surface area contributed by atoms with Gasteiger partial charge in [0, 0.05) is 50.7 Å². The third-order valence-electron chi connectivity index (χ3n) is 3.54. The Morgan fingerprint density at radius 2 is 2.14 bits per heavy atom. The van der Waals surface area contributed by atoms with E-state index in [4.69, 9.17) is 0 Å². The molecule has 122 valence electrons. The van der Waals surface area contributed by atoms with Crippen LogP contribution >= 0.6 is 11.3 Å². The molecule has 1 aliphatic rings. The van der Waals surface area contributed by atoms with E-state index in [1.54, 1.807) is 11.3 Å². The number of carbonyl (C=O) groups is 2. The number of amides is 1. The molecular formula is C14H22N4O3S. The SMILES string of the molecule is COC(=O)CCCNC(=O)CN1CCN(c2nccs2)CC1. The first-order valence-electron chi connectivity index (χ1n) is 7.39. The summed E-state index contributed by atoms with van der Waals surface area (Å²) >= 11 is 1.64. The number of thiazole rings is 1. The van der Waals surface area contributed by atoms with Gasteiger partial charge in [0.25, 0.3) is 0 Å². The van der Waals surface area contributed by atoms with Crippen LogP contribution in [-0.2, 0) is 14.3 Å². The standard InChI is InChI=1S/C14H22N4O3S/c1-21-13(20)3-2-4-15-12(19)11-17-6-8-18(9-7-17)14-16-5-10-22-14/h5,10H,2-4,6-9,11H2,1H3,(H,15,19). The van der Waals surface area contributed by atoms with Crippen LogP contribution in [0.3, 0.4) is 0 Å². The summed E-state index contributed by atoms with van der Waals surface area (Å²) in [7, 11) is 1.37. The Morgan fingerprint density at radius 3 is 2.77 bits per heavy atom. The zero-order valence-electron chi connectivity index (χ0n) is 12.8. The zero-order valence-corrected chi connectivity index (χ0v) is 13.6. The van der Waals surface area contributed by atoms with E-state index < -0.39 is 0 Å². The van der Waals surface area contributed by atoms with Crippen LogP contribution < -0.4 is 10.2 Å². The minimum absolute atomic E-state index is 0.00700. The summed E-state index contributed by atoms with van der Waals surface area (Å²) in [5.74, 6) is -0.236. The highest BCUT2D eigenvalue weighted by molar-refractivity contribution is 7.13. The molecule has 0 spiro atoms. The fourth-order valence-electron chi connectivity index (χ4n) is 2.29. The van der Waals surface area contributed by atoms with Gasteiger partial charge in [-0.15, -0.1) is 11.3 Å². The monoisotopic (exact) mass is 326 g/mol. The van der Waals surface area contributed by atoms with E-state index in [2.05, 4.69) is 24.8 Å². The van der Waals surface area contributed by atoms with Crippen LogP contribution in [0.2, 0.25) is 0 Å². The summed E-state index contributed by atoms with van der Waals surface area (Å²) in [6.07, 6.45) is 2.76. The molecule has 22 heavy (non-hydrogen) atoms. The van der Waals surface area contributed by atoms with E-state index in [9.17, 15) is 9.59 Å². The molecule has 0 atom stereocenters. The number of hydrogen-bond donors (Lipinski definition) is 1. The minimum Gasteiger partial charge on any atom is -0.469 e. The topological polar surface area (TPSA) is 74.8 Å². The molecule has 1 amide bonds. The fourth-order valence-corrected chi connectivity index (χ4v) is 2.99. The van der Waals surface area contributed by atoms with Gasteiger partial charge in [-0.05, 0) is 6.42 Å². The number of carbonyl (C=O) groups excluding carboxylic acids is 2. The second-order valence-corrected chi connectivity index (χ2v) is 5.98. The molecule has 1 saturated heterocycles. The number of methoxy groups -OCH3 is 1. The van der Waals surface area contributed by atoms with Crippen molar-refractivity contribution >= 4 is 28.3 Å². The Kier molecular flexibility index (Phi) is 6.60. The van der Waals surface area contributed by atoms with Crippen LogP contribution in [-0.4, -0.2) is 68.1 Å². The van der Waals surface area contributed by atoms with E-state index in [-0.39, 0.29) is 11.9 Å². The Morgan fingerprint density at radius 1 is 1.36 bits per heavy atom. The molecule has 7 nitrogen and oxygen atoms in total. The van der Waals surface area contributed by atoms with Crippen molar-refractivity contribution in [3.8, 4) is 0 Å². The smallest absolute Gasteiger partial charge is 0.305 e. The van der Waals surface area contributed by atoms with Gasteiger partial charge in [-0.25, -0.2) is 4.98 Å². The molecule has 1 aromatic rings. The molecule has 1 aromatic heterocycles. The van der Waals surface area contributed by atoms with Crippen LogP contribution in [0.25, 0.3) is 0 Å². The molecule has 0 bridgehead atoms. The van der Waals surface area contributed by atoms with E-state index in [1.165, 1.54) is 7.11 Å². The van der Waals surface area contributed by atoms with Crippen molar-refractivity contribution in [3.05, 3.63) is 11.6 Å². The third kappa shape index (κ3) is 5.27. The molecule has 0 aromatic carbocycles. The van der Waals surface area contributed by atoms with E-state index in [1.807, 2.05) is 11.6 Å². The van der Waals surface area contributed by atoms with Crippen molar-refractivity contribution in [2.75, 3.05) is 51.3 Å². The van der Waals surface area contributed by atoms with Crippen molar-refractivity contribution in [2.24, 2.45) is 0 Å². The molecule has 0 radical (unpaired) electrons. The number of rotatable bonds is 7. The lowest BCUT2D eigenvalue weighted by Crippen LogP contribution is -2.49. The molecular weight excluding hydrogens is 304 g/mol. The van der Waals surface area contributed by atoms with Crippen molar-refractivity contribution in [2.45, 2.75) is 12.8 Å². The molecule has 1 fully saturated rings. The highest BCUT2D eigenvalue weighted by Crippen LogP contribution is 2.18.